The summed E-state index contributed by atoms with van der Waals surface area (Å²) in [4.78, 5) is 15.3. The lowest BCUT2D eigenvalue weighted by molar-refractivity contribution is -0.0232. The summed E-state index contributed by atoms with van der Waals surface area (Å²) in [5, 5.41) is 13.1. The number of ether oxygens (including phenoxy) is 2. The van der Waals surface area contributed by atoms with Gasteiger partial charge < -0.3 is 20.3 Å². The summed E-state index contributed by atoms with van der Waals surface area (Å²) >= 11 is 0. The van der Waals surface area contributed by atoms with Gasteiger partial charge in [-0.25, -0.2) is 4.98 Å². The molecule has 0 radical (unpaired) electrons. The molecular weight excluding hydrogens is 328 g/mol. The highest BCUT2D eigenvalue weighted by Gasteiger charge is 2.36. The second-order valence-electron chi connectivity index (χ2n) is 5.73. The molecule has 0 amide bonds. The van der Waals surface area contributed by atoms with E-state index in [-0.39, 0.29) is 12.6 Å². The third-order valence-corrected chi connectivity index (χ3v) is 4.04. The van der Waals surface area contributed by atoms with E-state index in [1.165, 1.54) is 0 Å². The van der Waals surface area contributed by atoms with Gasteiger partial charge in [-0.05, 0) is 12.0 Å². The molecule has 134 valence electrons. The van der Waals surface area contributed by atoms with E-state index >= 15 is 0 Å². The quantitative estimate of drug-likeness (QED) is 0.332. The molecule has 2 aromatic heterocycles. The van der Waals surface area contributed by atoms with Crippen molar-refractivity contribution in [2.75, 3.05) is 18.9 Å². The van der Waals surface area contributed by atoms with Crippen LogP contribution in [0, 0.1) is 0 Å². The van der Waals surface area contributed by atoms with E-state index in [1.54, 1.807) is 10.9 Å². The first-order chi connectivity index (χ1) is 12.2. The maximum Gasteiger partial charge on any atom is 0.245 e. The summed E-state index contributed by atoms with van der Waals surface area (Å²) in [7, 11) is 0. The molecule has 11 nitrogen and oxygen atoms in total. The molecule has 1 saturated heterocycles. The maximum absolute atomic E-state index is 9.43. The van der Waals surface area contributed by atoms with Crippen LogP contribution in [-0.4, -0.2) is 50.0 Å². The Kier molecular flexibility index (Phi) is 5.17. The fraction of sp³-hybridized carbons (Fsp3) is 0.643. The second-order valence-corrected chi connectivity index (χ2v) is 5.73. The molecule has 11 heteroatoms. The molecule has 1 fully saturated rings. The summed E-state index contributed by atoms with van der Waals surface area (Å²) in [6.45, 7) is 2.32. The number of anilines is 1. The first-order valence-electron chi connectivity index (χ1n) is 8.11. The van der Waals surface area contributed by atoms with Crippen molar-refractivity contribution in [3.05, 3.63) is 16.8 Å². The zero-order valence-corrected chi connectivity index (χ0v) is 13.8. The Balaban J connectivity index is 1.95. The van der Waals surface area contributed by atoms with E-state index in [0.29, 0.717) is 30.1 Å². The third kappa shape index (κ3) is 3.43. The van der Waals surface area contributed by atoms with Gasteiger partial charge in [-0.15, -0.1) is 0 Å². The Morgan fingerprint density at radius 3 is 3.12 bits per heavy atom. The Labute approximate surface area is 143 Å². The number of aliphatic hydroxyl groups excluding tert-OH is 1. The van der Waals surface area contributed by atoms with Crippen molar-refractivity contribution in [1.29, 1.82) is 0 Å². The SMILES string of the molecule is CCCCOc1nc(N)nc2ncn([C@H]3C[C@H](N=[N+]=[N-])[C@@H](CO)O3)c12. The van der Waals surface area contributed by atoms with E-state index in [2.05, 4.69) is 31.9 Å². The smallest absolute Gasteiger partial charge is 0.245 e. The number of azide groups is 1. The number of nitrogens with zero attached hydrogens (tertiary/aromatic N) is 7. The lowest BCUT2D eigenvalue weighted by atomic mass is 10.1. The predicted molar refractivity (Wildman–Crippen MR) is 88.7 cm³/mol. The number of hydrogen-bond acceptors (Lipinski definition) is 8. The molecule has 0 saturated carbocycles. The third-order valence-electron chi connectivity index (χ3n) is 4.04. The van der Waals surface area contributed by atoms with E-state index in [1.807, 2.05) is 0 Å². The summed E-state index contributed by atoms with van der Waals surface area (Å²) in [6, 6.07) is -0.461. The van der Waals surface area contributed by atoms with Crippen LogP contribution in [0.5, 0.6) is 5.88 Å². The largest absolute Gasteiger partial charge is 0.476 e. The van der Waals surface area contributed by atoms with Gasteiger partial charge in [-0.2, -0.15) is 9.97 Å². The van der Waals surface area contributed by atoms with Gasteiger partial charge >= 0.3 is 0 Å². The van der Waals surface area contributed by atoms with Crippen molar-refractivity contribution in [2.24, 2.45) is 5.11 Å². The van der Waals surface area contributed by atoms with Crippen molar-refractivity contribution in [3.8, 4) is 5.88 Å². The first-order valence-corrected chi connectivity index (χ1v) is 8.11. The molecule has 25 heavy (non-hydrogen) atoms. The molecular formula is C14H20N8O3. The molecule has 0 spiro atoms. The molecule has 0 bridgehead atoms. The molecule has 0 unspecified atom stereocenters. The fourth-order valence-corrected chi connectivity index (χ4v) is 2.80. The van der Waals surface area contributed by atoms with Crippen LogP contribution < -0.4 is 10.5 Å². The van der Waals surface area contributed by atoms with Crippen LogP contribution in [0.1, 0.15) is 32.4 Å². The zero-order valence-electron chi connectivity index (χ0n) is 13.8. The minimum atomic E-state index is -0.572. The number of nitrogen functional groups attached to an aromatic ring is 1. The van der Waals surface area contributed by atoms with Crippen molar-refractivity contribution in [1.82, 2.24) is 19.5 Å². The molecule has 0 aromatic carbocycles. The number of fused-ring (bicyclic) bond motifs is 1. The molecule has 1 aliphatic heterocycles. The number of nitrogens with two attached hydrogens (primary N) is 1. The molecule has 3 N–H and O–H groups in total. The number of hydrogen-bond donors (Lipinski definition) is 2. The van der Waals surface area contributed by atoms with Gasteiger partial charge in [0.2, 0.25) is 11.8 Å². The summed E-state index contributed by atoms with van der Waals surface area (Å²) in [5.74, 6) is 0.418. The monoisotopic (exact) mass is 348 g/mol. The normalized spacial score (nSPS) is 22.9. The lowest BCUT2D eigenvalue weighted by Gasteiger charge is -2.15. The topological polar surface area (TPSA) is 157 Å². The minimum Gasteiger partial charge on any atom is -0.476 e. The average molecular weight is 348 g/mol. The molecule has 3 heterocycles. The number of imidazole rings is 1. The molecule has 2 aromatic rings. The van der Waals surface area contributed by atoms with E-state index in [0.717, 1.165) is 12.8 Å². The molecule has 3 atom stereocenters. The van der Waals surface area contributed by atoms with Gasteiger partial charge in [-0.1, -0.05) is 18.5 Å². The number of aromatic nitrogens is 4. The zero-order chi connectivity index (χ0) is 17.8. The highest BCUT2D eigenvalue weighted by atomic mass is 16.5. The second kappa shape index (κ2) is 7.51. The van der Waals surface area contributed by atoms with E-state index in [4.69, 9.17) is 20.7 Å². The van der Waals surface area contributed by atoms with Crippen LogP contribution >= 0.6 is 0 Å². The highest BCUT2D eigenvalue weighted by molar-refractivity contribution is 5.77. The lowest BCUT2D eigenvalue weighted by Crippen LogP contribution is -2.22. The van der Waals surface area contributed by atoms with Crippen LogP contribution in [0.3, 0.4) is 0 Å². The van der Waals surface area contributed by atoms with Gasteiger partial charge in [0.25, 0.3) is 0 Å². The Morgan fingerprint density at radius 2 is 2.40 bits per heavy atom. The minimum absolute atomic E-state index is 0.0804. The predicted octanol–water partition coefficient (Wildman–Crippen LogP) is 1.55. The van der Waals surface area contributed by atoms with E-state index in [9.17, 15) is 5.11 Å². The van der Waals surface area contributed by atoms with Crippen LogP contribution in [-0.2, 0) is 4.74 Å². The van der Waals surface area contributed by atoms with Gasteiger partial charge in [0.05, 0.1) is 31.7 Å². The van der Waals surface area contributed by atoms with Crippen LogP contribution in [0.2, 0.25) is 0 Å². The standard InChI is InChI=1S/C14H20N8O3/c1-2-3-4-24-13-11-12(18-14(15)19-13)17-7-22(11)10-5-8(20-21-16)9(6-23)25-10/h7-10,23H,2-6H2,1H3,(H2,15,18,19)/t8-,9+,10+/m0/s1. The number of unbranched alkanes of at least 4 members (excludes halogenated alkanes) is 1. The van der Waals surface area contributed by atoms with Crippen molar-refractivity contribution >= 4 is 17.1 Å². The summed E-state index contributed by atoms with van der Waals surface area (Å²) < 4.78 is 13.3. The molecule has 0 aliphatic carbocycles. The Bertz CT molecular complexity index is 788. The van der Waals surface area contributed by atoms with Crippen LogP contribution in [0.4, 0.5) is 5.95 Å². The van der Waals surface area contributed by atoms with Gasteiger partial charge in [-0.3, -0.25) is 4.57 Å². The van der Waals surface area contributed by atoms with Gasteiger partial charge in [0, 0.05) is 11.3 Å². The summed E-state index contributed by atoms with van der Waals surface area (Å²) in [6.07, 6.45) is 2.78. The van der Waals surface area contributed by atoms with Crippen molar-refractivity contribution in [2.45, 2.75) is 44.6 Å². The van der Waals surface area contributed by atoms with E-state index < -0.39 is 18.4 Å². The molecule has 3 rings (SSSR count). The number of aliphatic hydroxyl groups is 1. The van der Waals surface area contributed by atoms with Gasteiger partial charge in [0.15, 0.2) is 11.2 Å². The average Bonchev–Trinajstić information content (AvgIpc) is 3.19. The summed E-state index contributed by atoms with van der Waals surface area (Å²) in [5.41, 5.74) is 15.4. The first kappa shape index (κ1) is 17.2. The number of rotatable bonds is 7. The van der Waals surface area contributed by atoms with Crippen LogP contribution in [0.15, 0.2) is 11.4 Å². The van der Waals surface area contributed by atoms with Crippen molar-refractivity contribution < 1.29 is 14.6 Å². The van der Waals surface area contributed by atoms with Gasteiger partial charge in [0.1, 0.15) is 6.23 Å². The Hall–Kier alpha value is -2.62. The molecule has 1 aliphatic rings. The van der Waals surface area contributed by atoms with Crippen molar-refractivity contribution in [3.63, 3.8) is 0 Å². The fourth-order valence-electron chi connectivity index (χ4n) is 2.80. The van der Waals surface area contributed by atoms with Crippen LogP contribution in [0.25, 0.3) is 21.6 Å². The highest BCUT2D eigenvalue weighted by Crippen LogP contribution is 2.35. The maximum atomic E-state index is 9.43. The Morgan fingerprint density at radius 1 is 1.56 bits per heavy atom.